The number of hydrogen-bond acceptors (Lipinski definition) is 3. The second kappa shape index (κ2) is 7.63. The van der Waals surface area contributed by atoms with Crippen molar-refractivity contribution >= 4 is 11.7 Å². The fourth-order valence-corrected chi connectivity index (χ4v) is 5.28. The van der Waals surface area contributed by atoms with Gasteiger partial charge in [0.15, 0.2) is 5.78 Å². The van der Waals surface area contributed by atoms with E-state index in [1.165, 1.54) is 19.1 Å². The van der Waals surface area contributed by atoms with Crippen LogP contribution < -0.4 is 10.1 Å². The first-order valence-corrected chi connectivity index (χ1v) is 11.0. The average molecular weight is 419 g/mol. The lowest BCUT2D eigenvalue weighted by atomic mass is 9.93. The maximum atomic E-state index is 14.7. The first-order valence-electron chi connectivity index (χ1n) is 11.0. The minimum atomic E-state index is -0.387. The standard InChI is InChI=1S/C26H26FNO3/c1-14-7-19-11-20(13-28-26(30)21-10-16-3-4-18(21)9-16)31-25(19)23(8-14)22-12-17(15(2)29)5-6-24(22)27/h3-8,12,16,18,20-21H,9-11,13H2,1-2H3,(H,28,30)/t16-,18+,20+,21-/m1/s1. The number of halogens is 1. The summed E-state index contributed by atoms with van der Waals surface area (Å²) < 4.78 is 20.9. The highest BCUT2D eigenvalue weighted by Gasteiger charge is 2.40. The van der Waals surface area contributed by atoms with Gasteiger partial charge in [0.2, 0.25) is 5.91 Å². The highest BCUT2D eigenvalue weighted by atomic mass is 19.1. The average Bonchev–Trinajstić information content (AvgIpc) is 3.47. The Labute approximate surface area is 181 Å². The Morgan fingerprint density at radius 3 is 2.68 bits per heavy atom. The summed E-state index contributed by atoms with van der Waals surface area (Å²) >= 11 is 0. The SMILES string of the molecule is CC(=O)c1ccc(F)c(-c2cc(C)cc3c2O[C@H](CNC(=O)[C@@H]2C[C@@H]4C=C[C@H]2C4)C3)c1. The predicted octanol–water partition coefficient (Wildman–Crippen LogP) is 4.64. The second-order valence-corrected chi connectivity index (χ2v) is 9.13. The molecule has 1 N–H and O–H groups in total. The molecule has 2 aliphatic carbocycles. The summed E-state index contributed by atoms with van der Waals surface area (Å²) in [7, 11) is 0. The molecule has 2 aromatic carbocycles. The summed E-state index contributed by atoms with van der Waals surface area (Å²) in [6, 6.07) is 8.37. The second-order valence-electron chi connectivity index (χ2n) is 9.13. The lowest BCUT2D eigenvalue weighted by Crippen LogP contribution is -2.39. The number of ether oxygens (including phenoxy) is 1. The van der Waals surface area contributed by atoms with Crippen LogP contribution in [0.3, 0.4) is 0 Å². The van der Waals surface area contributed by atoms with Crippen molar-refractivity contribution in [1.82, 2.24) is 5.32 Å². The third-order valence-corrected chi connectivity index (χ3v) is 6.82. The normalized spacial score (nSPS) is 25.4. The van der Waals surface area contributed by atoms with Gasteiger partial charge < -0.3 is 10.1 Å². The summed E-state index contributed by atoms with van der Waals surface area (Å²) in [5.74, 6) is 1.25. The van der Waals surface area contributed by atoms with Crippen molar-refractivity contribution < 1.29 is 18.7 Å². The van der Waals surface area contributed by atoms with E-state index in [0.717, 1.165) is 24.0 Å². The van der Waals surface area contributed by atoms with Gasteiger partial charge in [-0.15, -0.1) is 0 Å². The molecule has 0 aromatic heterocycles. The Morgan fingerprint density at radius 1 is 1.13 bits per heavy atom. The molecule has 0 saturated heterocycles. The zero-order chi connectivity index (χ0) is 21.7. The van der Waals surface area contributed by atoms with Crippen molar-refractivity contribution in [2.75, 3.05) is 6.54 Å². The van der Waals surface area contributed by atoms with Gasteiger partial charge in [-0.05, 0) is 73.9 Å². The molecule has 160 valence electrons. The third-order valence-electron chi connectivity index (χ3n) is 6.82. The Morgan fingerprint density at radius 2 is 1.97 bits per heavy atom. The molecule has 1 amide bonds. The van der Waals surface area contributed by atoms with Crippen LogP contribution in [0.15, 0.2) is 42.5 Å². The molecule has 0 radical (unpaired) electrons. The van der Waals surface area contributed by atoms with Gasteiger partial charge in [-0.2, -0.15) is 0 Å². The van der Waals surface area contributed by atoms with Crippen LogP contribution >= 0.6 is 0 Å². The molecule has 1 heterocycles. The van der Waals surface area contributed by atoms with Crippen LogP contribution in [0.25, 0.3) is 11.1 Å². The fraction of sp³-hybridized carbons (Fsp3) is 0.385. The molecular weight excluding hydrogens is 393 g/mol. The number of hydrogen-bond donors (Lipinski definition) is 1. The van der Waals surface area contributed by atoms with Crippen LogP contribution in [-0.2, 0) is 11.2 Å². The lowest BCUT2D eigenvalue weighted by Gasteiger charge is -2.19. The van der Waals surface area contributed by atoms with Gasteiger partial charge in [0.1, 0.15) is 17.7 Å². The lowest BCUT2D eigenvalue weighted by molar-refractivity contribution is -0.126. The number of benzene rings is 2. The molecule has 5 heteroatoms. The van der Waals surface area contributed by atoms with Crippen LogP contribution in [-0.4, -0.2) is 24.3 Å². The smallest absolute Gasteiger partial charge is 0.223 e. The molecule has 1 fully saturated rings. The van der Waals surface area contributed by atoms with E-state index >= 15 is 0 Å². The zero-order valence-corrected chi connectivity index (χ0v) is 17.8. The molecule has 0 spiro atoms. The minimum absolute atomic E-state index is 0.0694. The van der Waals surface area contributed by atoms with Gasteiger partial charge in [0.05, 0.1) is 6.54 Å². The number of nitrogens with one attached hydrogen (secondary N) is 1. The maximum Gasteiger partial charge on any atom is 0.223 e. The molecule has 31 heavy (non-hydrogen) atoms. The Bertz CT molecular complexity index is 1110. The van der Waals surface area contributed by atoms with Crippen molar-refractivity contribution in [3.05, 3.63) is 65.0 Å². The Hall–Kier alpha value is -2.95. The van der Waals surface area contributed by atoms with E-state index in [-0.39, 0.29) is 29.5 Å². The monoisotopic (exact) mass is 419 g/mol. The van der Waals surface area contributed by atoms with Gasteiger partial charge >= 0.3 is 0 Å². The number of carbonyl (C=O) groups is 2. The van der Waals surface area contributed by atoms with E-state index in [1.807, 2.05) is 19.1 Å². The zero-order valence-electron chi connectivity index (χ0n) is 17.8. The van der Waals surface area contributed by atoms with Crippen molar-refractivity contribution in [2.45, 2.75) is 39.2 Å². The molecule has 0 unspecified atom stereocenters. The number of amides is 1. The van der Waals surface area contributed by atoms with Crippen LogP contribution in [0.4, 0.5) is 4.39 Å². The summed E-state index contributed by atoms with van der Waals surface area (Å²) in [4.78, 5) is 24.5. The number of fused-ring (bicyclic) bond motifs is 3. The molecular formula is C26H26FNO3. The Kier molecular flexibility index (Phi) is 4.92. The first kappa shape index (κ1) is 20.0. The highest BCUT2D eigenvalue weighted by molar-refractivity contribution is 5.95. The van der Waals surface area contributed by atoms with Crippen LogP contribution in [0, 0.1) is 30.5 Å². The molecule has 4 atom stereocenters. The molecule has 1 aliphatic heterocycles. The highest BCUT2D eigenvalue weighted by Crippen LogP contribution is 2.44. The number of carbonyl (C=O) groups excluding carboxylic acids is 2. The van der Waals surface area contributed by atoms with Gasteiger partial charge in [0.25, 0.3) is 0 Å². The number of Topliss-reactive ketones (excluding diaryl/α,β-unsaturated/α-hetero) is 1. The van der Waals surface area contributed by atoms with Crippen molar-refractivity contribution in [3.8, 4) is 16.9 Å². The minimum Gasteiger partial charge on any atom is -0.487 e. The molecule has 4 nitrogen and oxygen atoms in total. The largest absolute Gasteiger partial charge is 0.487 e. The maximum absolute atomic E-state index is 14.7. The van der Waals surface area contributed by atoms with E-state index in [2.05, 4.69) is 17.5 Å². The molecule has 5 rings (SSSR count). The van der Waals surface area contributed by atoms with E-state index in [1.54, 1.807) is 6.07 Å². The molecule has 2 bridgehead atoms. The van der Waals surface area contributed by atoms with Gasteiger partial charge in [-0.1, -0.05) is 18.2 Å². The molecule has 2 aromatic rings. The van der Waals surface area contributed by atoms with Crippen LogP contribution in [0.1, 0.15) is 41.3 Å². The van der Waals surface area contributed by atoms with Crippen LogP contribution in [0.2, 0.25) is 0 Å². The van der Waals surface area contributed by atoms with Gasteiger partial charge in [0, 0.05) is 29.0 Å². The van der Waals surface area contributed by atoms with Crippen molar-refractivity contribution in [2.24, 2.45) is 17.8 Å². The first-order chi connectivity index (χ1) is 14.9. The van der Waals surface area contributed by atoms with E-state index < -0.39 is 0 Å². The van der Waals surface area contributed by atoms with E-state index in [4.69, 9.17) is 4.74 Å². The topological polar surface area (TPSA) is 55.4 Å². The quantitative estimate of drug-likeness (QED) is 0.568. The molecule has 1 saturated carbocycles. The predicted molar refractivity (Wildman–Crippen MR) is 117 cm³/mol. The van der Waals surface area contributed by atoms with E-state index in [0.29, 0.717) is 47.2 Å². The summed E-state index contributed by atoms with van der Waals surface area (Å²) in [6.45, 7) is 3.87. The third kappa shape index (κ3) is 3.67. The van der Waals surface area contributed by atoms with Crippen molar-refractivity contribution in [1.29, 1.82) is 0 Å². The molecule has 3 aliphatic rings. The summed E-state index contributed by atoms with van der Waals surface area (Å²) in [6.07, 6.45) is 6.92. The Balaban J connectivity index is 1.34. The van der Waals surface area contributed by atoms with E-state index in [9.17, 15) is 14.0 Å². The van der Waals surface area contributed by atoms with Gasteiger partial charge in [-0.25, -0.2) is 4.39 Å². The number of rotatable bonds is 5. The van der Waals surface area contributed by atoms with Crippen molar-refractivity contribution in [3.63, 3.8) is 0 Å². The van der Waals surface area contributed by atoms with Crippen LogP contribution in [0.5, 0.6) is 5.75 Å². The number of ketones is 1. The number of aryl methyl sites for hydroxylation is 1. The summed E-state index contributed by atoms with van der Waals surface area (Å²) in [5.41, 5.74) is 3.50. The fourth-order valence-electron chi connectivity index (χ4n) is 5.28. The summed E-state index contributed by atoms with van der Waals surface area (Å²) in [5, 5.41) is 3.08. The van der Waals surface area contributed by atoms with Gasteiger partial charge in [-0.3, -0.25) is 9.59 Å². The number of allylic oxidation sites excluding steroid dienone is 2.